The minimum Gasteiger partial charge on any atom is -0.393 e. The van der Waals surface area contributed by atoms with Gasteiger partial charge >= 0.3 is 0 Å². The minimum absolute atomic E-state index is 0.0165. The molecule has 1 aromatic rings. The standard InChI is InChI=1S/C10H10BrFN2O2/c11-4-2-1-3-7-5-8(12)6-9(10(7)13)14(15)16/h1,3,5-6H,2,4,13H2. The van der Waals surface area contributed by atoms with E-state index in [1.165, 1.54) is 6.07 Å². The largest absolute Gasteiger partial charge is 0.393 e. The van der Waals surface area contributed by atoms with Gasteiger partial charge in [-0.2, -0.15) is 0 Å². The number of anilines is 1. The first-order valence-electron chi connectivity index (χ1n) is 4.52. The average Bonchev–Trinajstić information content (AvgIpc) is 2.22. The van der Waals surface area contributed by atoms with Gasteiger partial charge in [-0.1, -0.05) is 28.1 Å². The number of nitro benzene ring substituents is 1. The molecule has 6 heteroatoms. The number of nitrogen functional groups attached to an aromatic ring is 1. The van der Waals surface area contributed by atoms with Crippen LogP contribution in [0, 0.1) is 15.9 Å². The van der Waals surface area contributed by atoms with Gasteiger partial charge in [0.15, 0.2) is 0 Å². The molecule has 2 N–H and O–H groups in total. The van der Waals surface area contributed by atoms with Gasteiger partial charge in [-0.05, 0) is 12.5 Å². The van der Waals surface area contributed by atoms with Crippen molar-refractivity contribution in [1.82, 2.24) is 0 Å². The summed E-state index contributed by atoms with van der Waals surface area (Å²) < 4.78 is 13.1. The third-order valence-corrected chi connectivity index (χ3v) is 2.38. The molecule has 0 saturated heterocycles. The molecular weight excluding hydrogens is 279 g/mol. The summed E-state index contributed by atoms with van der Waals surface area (Å²) >= 11 is 3.23. The maximum atomic E-state index is 13.1. The van der Waals surface area contributed by atoms with E-state index in [1.807, 2.05) is 0 Å². The molecule has 0 atom stereocenters. The molecule has 0 unspecified atom stereocenters. The molecule has 0 spiro atoms. The van der Waals surface area contributed by atoms with Crippen LogP contribution in [0.15, 0.2) is 18.2 Å². The Hall–Kier alpha value is -1.43. The summed E-state index contributed by atoms with van der Waals surface area (Å²) in [5.41, 5.74) is 5.47. The van der Waals surface area contributed by atoms with E-state index in [9.17, 15) is 14.5 Å². The third-order valence-electron chi connectivity index (χ3n) is 1.92. The molecule has 0 saturated carbocycles. The molecule has 1 aromatic carbocycles. The van der Waals surface area contributed by atoms with Gasteiger partial charge in [0.1, 0.15) is 11.5 Å². The summed E-state index contributed by atoms with van der Waals surface area (Å²) in [5.74, 6) is -0.667. The first-order valence-corrected chi connectivity index (χ1v) is 5.64. The lowest BCUT2D eigenvalue weighted by Crippen LogP contribution is -1.99. The van der Waals surface area contributed by atoms with Gasteiger partial charge in [-0.15, -0.1) is 0 Å². The number of nitrogens with two attached hydrogens (primary N) is 1. The topological polar surface area (TPSA) is 69.2 Å². The molecule has 1 rings (SSSR count). The first-order chi connectivity index (χ1) is 7.56. The fraction of sp³-hybridized carbons (Fsp3) is 0.200. The molecule has 0 aromatic heterocycles. The predicted molar refractivity (Wildman–Crippen MR) is 64.9 cm³/mol. The Morgan fingerprint density at radius 3 is 2.81 bits per heavy atom. The normalized spacial score (nSPS) is 10.9. The number of alkyl halides is 1. The van der Waals surface area contributed by atoms with Crippen molar-refractivity contribution in [1.29, 1.82) is 0 Å². The number of nitrogens with zero attached hydrogens (tertiary/aromatic N) is 1. The quantitative estimate of drug-likeness (QED) is 0.401. The minimum atomic E-state index is -0.694. The monoisotopic (exact) mass is 288 g/mol. The van der Waals surface area contributed by atoms with E-state index in [0.29, 0.717) is 5.56 Å². The summed E-state index contributed by atoms with van der Waals surface area (Å²) in [7, 11) is 0. The van der Waals surface area contributed by atoms with Crippen molar-refractivity contribution >= 4 is 33.4 Å². The number of hydrogen-bond acceptors (Lipinski definition) is 3. The van der Waals surface area contributed by atoms with Crippen LogP contribution < -0.4 is 5.73 Å². The summed E-state index contributed by atoms with van der Waals surface area (Å²) in [4.78, 5) is 9.89. The summed E-state index contributed by atoms with van der Waals surface area (Å²) in [6, 6.07) is 1.99. The molecular formula is C10H10BrFN2O2. The highest BCUT2D eigenvalue weighted by atomic mass is 79.9. The highest BCUT2D eigenvalue weighted by molar-refractivity contribution is 9.09. The van der Waals surface area contributed by atoms with E-state index in [1.54, 1.807) is 12.2 Å². The highest BCUT2D eigenvalue weighted by Crippen LogP contribution is 2.27. The maximum Gasteiger partial charge on any atom is 0.295 e. The van der Waals surface area contributed by atoms with Crippen LogP contribution in [0.5, 0.6) is 0 Å². The molecule has 0 amide bonds. The highest BCUT2D eigenvalue weighted by Gasteiger charge is 2.15. The van der Waals surface area contributed by atoms with Crippen molar-refractivity contribution in [2.24, 2.45) is 0 Å². The summed E-state index contributed by atoms with van der Waals surface area (Å²) in [5, 5.41) is 11.3. The zero-order valence-electron chi connectivity index (χ0n) is 8.32. The van der Waals surface area contributed by atoms with Crippen LogP contribution in [-0.2, 0) is 0 Å². The fourth-order valence-electron chi connectivity index (χ4n) is 1.19. The molecule has 16 heavy (non-hydrogen) atoms. The number of hydrogen-bond donors (Lipinski definition) is 1. The Bertz CT molecular complexity index is 435. The average molecular weight is 289 g/mol. The molecule has 0 aliphatic heterocycles. The Balaban J connectivity index is 3.14. The lowest BCUT2D eigenvalue weighted by Gasteiger charge is -2.02. The van der Waals surface area contributed by atoms with Gasteiger partial charge in [0, 0.05) is 10.9 Å². The summed E-state index contributed by atoms with van der Waals surface area (Å²) in [6.45, 7) is 0. The molecule has 86 valence electrons. The van der Waals surface area contributed by atoms with Crippen molar-refractivity contribution in [3.63, 3.8) is 0 Å². The Kier molecular flexibility index (Phi) is 4.42. The van der Waals surface area contributed by atoms with Gasteiger partial charge < -0.3 is 5.73 Å². The number of nitro groups is 1. The Labute approximate surface area is 100 Å². The van der Waals surface area contributed by atoms with E-state index in [2.05, 4.69) is 15.9 Å². The van der Waals surface area contributed by atoms with Crippen LogP contribution >= 0.6 is 15.9 Å². The first kappa shape index (κ1) is 12.6. The van der Waals surface area contributed by atoms with E-state index >= 15 is 0 Å². The fourth-order valence-corrected chi connectivity index (χ4v) is 1.45. The maximum absolute atomic E-state index is 13.1. The molecule has 0 fully saturated rings. The lowest BCUT2D eigenvalue weighted by atomic mass is 10.1. The van der Waals surface area contributed by atoms with Crippen molar-refractivity contribution in [3.05, 3.63) is 39.7 Å². The van der Waals surface area contributed by atoms with Gasteiger partial charge in [0.05, 0.1) is 11.0 Å². The molecule has 0 aliphatic carbocycles. The second kappa shape index (κ2) is 5.60. The van der Waals surface area contributed by atoms with Gasteiger partial charge in [0.25, 0.3) is 5.69 Å². The van der Waals surface area contributed by atoms with Crippen LogP contribution in [0.4, 0.5) is 15.8 Å². The smallest absolute Gasteiger partial charge is 0.295 e. The van der Waals surface area contributed by atoms with Crippen LogP contribution in [0.3, 0.4) is 0 Å². The molecule has 0 radical (unpaired) electrons. The molecule has 4 nitrogen and oxygen atoms in total. The number of benzene rings is 1. The van der Waals surface area contributed by atoms with E-state index in [4.69, 9.17) is 5.73 Å². The lowest BCUT2D eigenvalue weighted by molar-refractivity contribution is -0.384. The number of halogens is 2. The number of allylic oxidation sites excluding steroid dienone is 1. The second-order valence-corrected chi connectivity index (χ2v) is 3.86. The SMILES string of the molecule is Nc1c(C=CCCBr)cc(F)cc1[N+](=O)[O-]. The predicted octanol–water partition coefficient (Wildman–Crippen LogP) is 3.11. The molecule has 0 bridgehead atoms. The van der Waals surface area contributed by atoms with Crippen molar-refractivity contribution in [2.75, 3.05) is 11.1 Å². The van der Waals surface area contributed by atoms with Gasteiger partial charge in [-0.25, -0.2) is 4.39 Å². The van der Waals surface area contributed by atoms with Crippen molar-refractivity contribution < 1.29 is 9.31 Å². The Morgan fingerprint density at radius 2 is 2.25 bits per heavy atom. The van der Waals surface area contributed by atoms with Gasteiger partial charge in [-0.3, -0.25) is 10.1 Å². The molecule has 0 aliphatic rings. The number of rotatable bonds is 4. The van der Waals surface area contributed by atoms with E-state index in [0.717, 1.165) is 17.8 Å². The van der Waals surface area contributed by atoms with Crippen LogP contribution in [0.1, 0.15) is 12.0 Å². The third kappa shape index (κ3) is 3.03. The molecule has 0 heterocycles. The zero-order valence-corrected chi connectivity index (χ0v) is 9.91. The van der Waals surface area contributed by atoms with Crippen LogP contribution in [0.25, 0.3) is 6.08 Å². The van der Waals surface area contributed by atoms with Gasteiger partial charge in [0.2, 0.25) is 0 Å². The summed E-state index contributed by atoms with van der Waals surface area (Å²) in [6.07, 6.45) is 4.08. The second-order valence-electron chi connectivity index (χ2n) is 3.06. The Morgan fingerprint density at radius 1 is 1.56 bits per heavy atom. The van der Waals surface area contributed by atoms with Crippen LogP contribution in [0.2, 0.25) is 0 Å². The van der Waals surface area contributed by atoms with Crippen LogP contribution in [-0.4, -0.2) is 10.3 Å². The van der Waals surface area contributed by atoms with Crippen molar-refractivity contribution in [3.8, 4) is 0 Å². The van der Waals surface area contributed by atoms with E-state index < -0.39 is 16.4 Å². The zero-order chi connectivity index (χ0) is 12.1. The van der Waals surface area contributed by atoms with E-state index in [-0.39, 0.29) is 5.69 Å². The van der Waals surface area contributed by atoms with Crippen molar-refractivity contribution in [2.45, 2.75) is 6.42 Å².